The summed E-state index contributed by atoms with van der Waals surface area (Å²) in [5.41, 5.74) is 1.32. The first-order valence-electron chi connectivity index (χ1n) is 2.61. The monoisotopic (exact) mass is 230 g/mol. The van der Waals surface area contributed by atoms with E-state index in [1.807, 2.05) is 0 Å². The third-order valence-corrected chi connectivity index (χ3v) is 1.46. The molecule has 1 atom stereocenters. The van der Waals surface area contributed by atoms with E-state index >= 15 is 0 Å². The van der Waals surface area contributed by atoms with Gasteiger partial charge in [-0.1, -0.05) is 29.8 Å². The second kappa shape index (κ2) is 4.18. The number of benzene rings is 1. The zero-order chi connectivity index (χ0) is 5.98. The van der Waals surface area contributed by atoms with Crippen molar-refractivity contribution in [3.63, 3.8) is 0 Å². The van der Waals surface area contributed by atoms with Crippen LogP contribution < -0.4 is 5.30 Å². The van der Waals surface area contributed by atoms with Crippen LogP contribution in [0.15, 0.2) is 24.3 Å². The van der Waals surface area contributed by atoms with Gasteiger partial charge in [-0.2, -0.15) is 0 Å². The second-order valence-electron chi connectivity index (χ2n) is 1.91. The summed E-state index contributed by atoms with van der Waals surface area (Å²) in [6.07, 6.45) is 0. The Morgan fingerprint density at radius 2 is 1.56 bits per heavy atom. The van der Waals surface area contributed by atoms with E-state index in [-0.39, 0.29) is 20.4 Å². The van der Waals surface area contributed by atoms with Crippen LogP contribution in [0.3, 0.4) is 0 Å². The van der Waals surface area contributed by atoms with Crippen LogP contribution in [0.2, 0.25) is 0 Å². The van der Waals surface area contributed by atoms with Gasteiger partial charge < -0.3 is 0 Å². The summed E-state index contributed by atoms with van der Waals surface area (Å²) in [6, 6.07) is 8.37. The fourth-order valence-corrected chi connectivity index (χ4v) is 0.759. The minimum Gasteiger partial charge on any atom is -0.106 e. The van der Waals surface area contributed by atoms with Gasteiger partial charge in [0.25, 0.3) is 0 Å². The van der Waals surface area contributed by atoms with Crippen LogP contribution >= 0.6 is 9.24 Å². The maximum Gasteiger partial charge on any atom is 0 e. The Labute approximate surface area is 71.9 Å². The molecule has 0 saturated heterocycles. The maximum absolute atomic E-state index is 2.65. The normalized spacial score (nSPS) is 8.22. The average Bonchev–Trinajstić information content (AvgIpc) is 1.77. The molecule has 0 amide bonds. The van der Waals surface area contributed by atoms with Crippen molar-refractivity contribution in [3.05, 3.63) is 29.8 Å². The number of rotatable bonds is 0. The predicted molar refractivity (Wildman–Crippen MR) is 40.5 cm³/mol. The largest absolute Gasteiger partial charge is 0.106 e. The minimum atomic E-state index is 0. The molecule has 0 N–H and O–H groups in total. The molecular formula is C7H9PPd. The second-order valence-corrected chi connectivity index (χ2v) is 2.58. The molecule has 52 valence electrons. The summed E-state index contributed by atoms with van der Waals surface area (Å²) >= 11 is 0. The summed E-state index contributed by atoms with van der Waals surface area (Å²) in [7, 11) is 2.65. The molecule has 0 aliphatic carbocycles. The Morgan fingerprint density at radius 1 is 1.11 bits per heavy atom. The number of aryl methyl sites for hydroxylation is 1. The zero-order valence-electron chi connectivity index (χ0n) is 5.20. The number of hydrogen-bond donors (Lipinski definition) is 0. The predicted octanol–water partition coefficient (Wildman–Crippen LogP) is 1.49. The molecule has 0 nitrogen and oxygen atoms in total. The Morgan fingerprint density at radius 3 is 1.89 bits per heavy atom. The Bertz CT molecular complexity index is 148. The van der Waals surface area contributed by atoms with Crippen LogP contribution in [0.25, 0.3) is 0 Å². The van der Waals surface area contributed by atoms with Gasteiger partial charge >= 0.3 is 0 Å². The van der Waals surface area contributed by atoms with Crippen molar-refractivity contribution in [2.24, 2.45) is 0 Å². The van der Waals surface area contributed by atoms with Crippen molar-refractivity contribution in [2.45, 2.75) is 6.92 Å². The molecular weight excluding hydrogens is 221 g/mol. The first-order chi connectivity index (χ1) is 3.79. The van der Waals surface area contributed by atoms with Crippen molar-refractivity contribution in [1.82, 2.24) is 0 Å². The van der Waals surface area contributed by atoms with E-state index in [2.05, 4.69) is 40.4 Å². The molecule has 0 saturated carbocycles. The van der Waals surface area contributed by atoms with Gasteiger partial charge in [0.1, 0.15) is 0 Å². The molecule has 0 fully saturated rings. The van der Waals surface area contributed by atoms with Crippen LogP contribution in [-0.2, 0) is 20.4 Å². The molecule has 0 aliphatic rings. The molecule has 1 unspecified atom stereocenters. The molecule has 9 heavy (non-hydrogen) atoms. The van der Waals surface area contributed by atoms with Crippen molar-refractivity contribution in [3.8, 4) is 0 Å². The first-order valence-corrected chi connectivity index (χ1v) is 3.19. The van der Waals surface area contributed by atoms with Crippen LogP contribution in [0.5, 0.6) is 0 Å². The van der Waals surface area contributed by atoms with Crippen molar-refractivity contribution in [2.75, 3.05) is 0 Å². The zero-order valence-corrected chi connectivity index (χ0v) is 7.91. The fourth-order valence-electron chi connectivity index (χ4n) is 0.566. The smallest absolute Gasteiger partial charge is 0 e. The summed E-state index contributed by atoms with van der Waals surface area (Å²) < 4.78 is 0. The average molecular weight is 231 g/mol. The first kappa shape index (κ1) is 9.31. The van der Waals surface area contributed by atoms with Crippen LogP contribution in [0, 0.1) is 6.92 Å². The third kappa shape index (κ3) is 3.11. The maximum atomic E-state index is 2.65. The van der Waals surface area contributed by atoms with Crippen LogP contribution in [0.4, 0.5) is 0 Å². The third-order valence-electron chi connectivity index (χ3n) is 1.08. The van der Waals surface area contributed by atoms with E-state index in [4.69, 9.17) is 0 Å². The fraction of sp³-hybridized carbons (Fsp3) is 0.143. The molecule has 0 radical (unpaired) electrons. The van der Waals surface area contributed by atoms with Crippen LogP contribution in [0.1, 0.15) is 5.56 Å². The molecule has 0 heterocycles. The SMILES string of the molecule is Cc1ccc(P)cc1.[Pd]. The summed E-state index contributed by atoms with van der Waals surface area (Å²) in [5, 5.41) is 1.25. The number of hydrogen-bond acceptors (Lipinski definition) is 0. The Balaban J connectivity index is 0.000000640. The molecule has 0 aliphatic heterocycles. The summed E-state index contributed by atoms with van der Waals surface area (Å²) in [6.45, 7) is 2.09. The van der Waals surface area contributed by atoms with Gasteiger partial charge in [-0.25, -0.2) is 0 Å². The van der Waals surface area contributed by atoms with Gasteiger partial charge in [0.15, 0.2) is 0 Å². The van der Waals surface area contributed by atoms with E-state index in [1.54, 1.807) is 0 Å². The minimum absolute atomic E-state index is 0. The Hall–Kier alpha value is 0.312. The van der Waals surface area contributed by atoms with Crippen LogP contribution in [-0.4, -0.2) is 0 Å². The quantitative estimate of drug-likeness (QED) is 0.468. The molecule has 1 aromatic carbocycles. The van der Waals surface area contributed by atoms with Gasteiger partial charge in [0, 0.05) is 20.4 Å². The van der Waals surface area contributed by atoms with E-state index in [0.29, 0.717) is 0 Å². The standard InChI is InChI=1S/C7H9P.Pd/c1-6-2-4-7(8)5-3-6;/h2-5H,8H2,1H3;. The van der Waals surface area contributed by atoms with E-state index in [1.165, 1.54) is 10.9 Å². The molecule has 0 bridgehead atoms. The molecule has 2 heteroatoms. The van der Waals surface area contributed by atoms with Gasteiger partial charge in [0.2, 0.25) is 0 Å². The van der Waals surface area contributed by atoms with E-state index in [0.717, 1.165) is 0 Å². The van der Waals surface area contributed by atoms with Gasteiger partial charge in [0.05, 0.1) is 0 Å². The summed E-state index contributed by atoms with van der Waals surface area (Å²) in [5.74, 6) is 0. The van der Waals surface area contributed by atoms with Crippen molar-refractivity contribution in [1.29, 1.82) is 0 Å². The van der Waals surface area contributed by atoms with Gasteiger partial charge in [-0.15, -0.1) is 9.24 Å². The van der Waals surface area contributed by atoms with E-state index in [9.17, 15) is 0 Å². The Kier molecular flexibility index (Phi) is 4.32. The molecule has 0 spiro atoms. The van der Waals surface area contributed by atoms with Crippen molar-refractivity contribution < 1.29 is 20.4 Å². The topological polar surface area (TPSA) is 0 Å². The van der Waals surface area contributed by atoms with E-state index < -0.39 is 0 Å². The molecule has 0 aromatic heterocycles. The van der Waals surface area contributed by atoms with Crippen molar-refractivity contribution >= 4 is 14.5 Å². The molecule has 1 aromatic rings. The van der Waals surface area contributed by atoms with Gasteiger partial charge in [-0.05, 0) is 12.2 Å². The summed E-state index contributed by atoms with van der Waals surface area (Å²) in [4.78, 5) is 0. The molecule has 1 rings (SSSR count). The van der Waals surface area contributed by atoms with Gasteiger partial charge in [-0.3, -0.25) is 0 Å².